The van der Waals surface area contributed by atoms with Crippen molar-refractivity contribution in [3.05, 3.63) is 12.7 Å². The van der Waals surface area contributed by atoms with Gasteiger partial charge < -0.3 is 5.11 Å². The van der Waals surface area contributed by atoms with Gasteiger partial charge in [-0.15, -0.1) is 11.7 Å². The molecule has 5 nitrogen and oxygen atoms in total. The van der Waals surface area contributed by atoms with E-state index in [2.05, 4.69) is 22.1 Å². The van der Waals surface area contributed by atoms with Crippen LogP contribution in [0.15, 0.2) is 17.8 Å². The lowest BCUT2D eigenvalue weighted by atomic mass is 10.5. The zero-order chi connectivity index (χ0) is 9.52. The Balaban J connectivity index is 2.44. The first-order valence-electron chi connectivity index (χ1n) is 3.99. The third kappa shape index (κ3) is 3.16. The van der Waals surface area contributed by atoms with Crippen molar-refractivity contribution in [2.24, 2.45) is 0 Å². The summed E-state index contributed by atoms with van der Waals surface area (Å²) in [6.45, 7) is 4.43. The summed E-state index contributed by atoms with van der Waals surface area (Å²) < 4.78 is 1.68. The van der Waals surface area contributed by atoms with Crippen molar-refractivity contribution in [3.8, 4) is 0 Å². The maximum absolute atomic E-state index is 8.58. The Labute approximate surface area is 80.8 Å². The Hall–Kier alpha value is -0.880. The molecule has 72 valence electrons. The van der Waals surface area contributed by atoms with Crippen LogP contribution in [-0.2, 0) is 6.54 Å². The molecule has 0 amide bonds. The minimum atomic E-state index is 0.204. The van der Waals surface area contributed by atoms with E-state index in [1.165, 1.54) is 11.8 Å². The van der Waals surface area contributed by atoms with Crippen molar-refractivity contribution in [3.63, 3.8) is 0 Å². The number of hydrogen-bond acceptors (Lipinski definition) is 5. The number of rotatable bonds is 6. The molecule has 0 saturated heterocycles. The van der Waals surface area contributed by atoms with Crippen LogP contribution in [0.3, 0.4) is 0 Å². The van der Waals surface area contributed by atoms with Crippen LogP contribution in [0, 0.1) is 0 Å². The third-order valence-corrected chi connectivity index (χ3v) is 2.38. The average Bonchev–Trinajstić information content (AvgIpc) is 2.54. The maximum Gasteiger partial charge on any atom is 0.209 e. The first-order valence-corrected chi connectivity index (χ1v) is 4.97. The molecular weight excluding hydrogens is 188 g/mol. The SMILES string of the molecule is C=CCn1nnnc1SCCCO. The quantitative estimate of drug-likeness (QED) is 0.407. The molecule has 0 bridgehead atoms. The van der Waals surface area contributed by atoms with Crippen LogP contribution in [0.4, 0.5) is 0 Å². The number of allylic oxidation sites excluding steroid dienone is 1. The standard InChI is InChI=1S/C7H12N4OS/c1-2-4-11-7(8-9-10-11)13-6-3-5-12/h2,12H,1,3-6H2. The lowest BCUT2D eigenvalue weighted by Gasteiger charge is -1.99. The van der Waals surface area contributed by atoms with E-state index in [0.29, 0.717) is 6.54 Å². The van der Waals surface area contributed by atoms with Crippen LogP contribution in [0.25, 0.3) is 0 Å². The summed E-state index contributed by atoms with van der Waals surface area (Å²) in [5.74, 6) is 0.827. The molecule has 0 aliphatic rings. The Bertz CT molecular complexity index is 263. The van der Waals surface area contributed by atoms with E-state index < -0.39 is 0 Å². The van der Waals surface area contributed by atoms with E-state index in [0.717, 1.165) is 17.3 Å². The molecule has 1 rings (SSSR count). The summed E-state index contributed by atoms with van der Waals surface area (Å²) in [5, 5.41) is 20.5. The smallest absolute Gasteiger partial charge is 0.209 e. The predicted molar refractivity (Wildman–Crippen MR) is 50.4 cm³/mol. The van der Waals surface area contributed by atoms with Gasteiger partial charge in [-0.2, -0.15) is 0 Å². The van der Waals surface area contributed by atoms with E-state index in [4.69, 9.17) is 5.11 Å². The number of aliphatic hydroxyl groups is 1. The van der Waals surface area contributed by atoms with Crippen molar-refractivity contribution in [1.82, 2.24) is 20.2 Å². The van der Waals surface area contributed by atoms with Gasteiger partial charge in [0.15, 0.2) is 0 Å². The molecule has 0 aromatic carbocycles. The second-order valence-corrected chi connectivity index (χ2v) is 3.42. The van der Waals surface area contributed by atoms with Gasteiger partial charge in [0.25, 0.3) is 0 Å². The monoisotopic (exact) mass is 200 g/mol. The second kappa shape index (κ2) is 5.71. The molecule has 0 aliphatic heterocycles. The highest BCUT2D eigenvalue weighted by Crippen LogP contribution is 2.13. The zero-order valence-electron chi connectivity index (χ0n) is 7.26. The van der Waals surface area contributed by atoms with E-state index >= 15 is 0 Å². The molecule has 6 heteroatoms. The van der Waals surface area contributed by atoms with E-state index in [9.17, 15) is 0 Å². The summed E-state index contributed by atoms with van der Waals surface area (Å²) in [7, 11) is 0. The van der Waals surface area contributed by atoms with Crippen LogP contribution >= 0.6 is 11.8 Å². The van der Waals surface area contributed by atoms with Gasteiger partial charge in [-0.3, -0.25) is 0 Å². The number of tetrazole rings is 1. The predicted octanol–water partition coefficient (Wildman–Crippen LogP) is 0.334. The summed E-state index contributed by atoms with van der Waals surface area (Å²) in [6.07, 6.45) is 2.50. The highest BCUT2D eigenvalue weighted by Gasteiger charge is 2.03. The molecule has 13 heavy (non-hydrogen) atoms. The molecule has 1 N–H and O–H groups in total. The highest BCUT2D eigenvalue weighted by atomic mass is 32.2. The topological polar surface area (TPSA) is 63.8 Å². The molecule has 0 saturated carbocycles. The van der Waals surface area contributed by atoms with Crippen molar-refractivity contribution < 1.29 is 5.11 Å². The summed E-state index contributed by atoms with van der Waals surface area (Å²) in [5.41, 5.74) is 0. The Morgan fingerprint density at radius 2 is 2.46 bits per heavy atom. The van der Waals surface area contributed by atoms with E-state index in [-0.39, 0.29) is 6.61 Å². The van der Waals surface area contributed by atoms with E-state index in [1.807, 2.05) is 0 Å². The Kier molecular flexibility index (Phi) is 4.48. The first kappa shape index (κ1) is 10.2. The second-order valence-electron chi connectivity index (χ2n) is 2.36. The number of nitrogens with zero attached hydrogens (tertiary/aromatic N) is 4. The number of hydrogen-bond donors (Lipinski definition) is 1. The minimum Gasteiger partial charge on any atom is -0.396 e. The van der Waals surface area contributed by atoms with Crippen LogP contribution < -0.4 is 0 Å². The maximum atomic E-state index is 8.58. The first-order chi connectivity index (χ1) is 6.38. The van der Waals surface area contributed by atoms with Crippen LogP contribution in [0.1, 0.15) is 6.42 Å². The van der Waals surface area contributed by atoms with Gasteiger partial charge in [-0.1, -0.05) is 17.8 Å². The number of thioether (sulfide) groups is 1. The fraction of sp³-hybridized carbons (Fsp3) is 0.571. The fourth-order valence-corrected chi connectivity index (χ4v) is 1.58. The van der Waals surface area contributed by atoms with Gasteiger partial charge in [0.1, 0.15) is 0 Å². The molecule has 1 aromatic rings. The van der Waals surface area contributed by atoms with Gasteiger partial charge in [0.2, 0.25) is 5.16 Å². The largest absolute Gasteiger partial charge is 0.396 e. The van der Waals surface area contributed by atoms with Gasteiger partial charge in [-0.05, 0) is 16.8 Å². The minimum absolute atomic E-state index is 0.204. The molecule has 1 heterocycles. The van der Waals surface area contributed by atoms with Crippen LogP contribution in [-0.4, -0.2) is 37.7 Å². The normalized spacial score (nSPS) is 10.2. The molecule has 0 radical (unpaired) electrons. The Morgan fingerprint density at radius 3 is 3.15 bits per heavy atom. The summed E-state index contributed by atoms with van der Waals surface area (Å²) in [4.78, 5) is 0. The number of aromatic nitrogens is 4. The molecule has 0 unspecified atom stereocenters. The molecule has 0 atom stereocenters. The van der Waals surface area contributed by atoms with Gasteiger partial charge in [-0.25, -0.2) is 4.68 Å². The van der Waals surface area contributed by atoms with Crippen LogP contribution in [0.2, 0.25) is 0 Å². The number of aliphatic hydroxyl groups excluding tert-OH is 1. The molecule has 0 spiro atoms. The lowest BCUT2D eigenvalue weighted by molar-refractivity contribution is 0.296. The molecule has 0 fully saturated rings. The highest BCUT2D eigenvalue weighted by molar-refractivity contribution is 7.99. The van der Waals surface area contributed by atoms with Crippen molar-refractivity contribution in [2.45, 2.75) is 18.1 Å². The average molecular weight is 200 g/mol. The van der Waals surface area contributed by atoms with Gasteiger partial charge in [0.05, 0.1) is 6.54 Å². The Morgan fingerprint density at radius 1 is 1.62 bits per heavy atom. The molecule has 0 aliphatic carbocycles. The van der Waals surface area contributed by atoms with Crippen LogP contribution in [0.5, 0.6) is 0 Å². The molecule has 1 aromatic heterocycles. The van der Waals surface area contributed by atoms with E-state index in [1.54, 1.807) is 10.8 Å². The molecular formula is C7H12N4OS. The fourth-order valence-electron chi connectivity index (χ4n) is 0.765. The summed E-state index contributed by atoms with van der Waals surface area (Å²) in [6, 6.07) is 0. The van der Waals surface area contributed by atoms with Gasteiger partial charge >= 0.3 is 0 Å². The third-order valence-electron chi connectivity index (χ3n) is 1.33. The summed E-state index contributed by atoms with van der Waals surface area (Å²) >= 11 is 1.54. The van der Waals surface area contributed by atoms with Crippen molar-refractivity contribution in [1.29, 1.82) is 0 Å². The lowest BCUT2D eigenvalue weighted by Crippen LogP contribution is -2.00. The van der Waals surface area contributed by atoms with Crippen molar-refractivity contribution >= 4 is 11.8 Å². The zero-order valence-corrected chi connectivity index (χ0v) is 8.07. The van der Waals surface area contributed by atoms with Gasteiger partial charge in [0, 0.05) is 12.4 Å². The van der Waals surface area contributed by atoms with Crippen molar-refractivity contribution in [2.75, 3.05) is 12.4 Å².